The molecule has 23 heavy (non-hydrogen) atoms. The predicted octanol–water partition coefficient (Wildman–Crippen LogP) is 3.19. The summed E-state index contributed by atoms with van der Waals surface area (Å²) in [6.45, 7) is 6.01. The van der Waals surface area contributed by atoms with Crippen LogP contribution in [0.2, 0.25) is 0 Å². The fourth-order valence-corrected chi connectivity index (χ4v) is 3.53. The third-order valence-electron chi connectivity index (χ3n) is 4.76. The van der Waals surface area contributed by atoms with Gasteiger partial charge in [-0.15, -0.1) is 10.2 Å². The van der Waals surface area contributed by atoms with Crippen LogP contribution in [0.4, 0.5) is 0 Å². The first-order valence-corrected chi connectivity index (χ1v) is 8.72. The Morgan fingerprint density at radius 3 is 2.70 bits per heavy atom. The molecule has 1 fully saturated rings. The minimum Gasteiger partial charge on any atom is -0.330 e. The summed E-state index contributed by atoms with van der Waals surface area (Å²) in [5, 5.41) is 8.32. The predicted molar refractivity (Wildman–Crippen MR) is 89.9 cm³/mol. The van der Waals surface area contributed by atoms with Crippen LogP contribution < -0.4 is 0 Å². The summed E-state index contributed by atoms with van der Waals surface area (Å²) in [6.07, 6.45) is 12.5. The summed E-state index contributed by atoms with van der Waals surface area (Å²) in [4.78, 5) is 6.69. The molecule has 0 radical (unpaired) electrons. The Morgan fingerprint density at radius 2 is 1.96 bits per heavy atom. The molecule has 1 aliphatic rings. The average molecular weight is 316 g/mol. The van der Waals surface area contributed by atoms with Gasteiger partial charge in [-0.2, -0.15) is 0 Å². The van der Waals surface area contributed by atoms with Crippen LogP contribution in [0.3, 0.4) is 0 Å². The Morgan fingerprint density at radius 1 is 1.17 bits per heavy atom. The Bertz CT molecular complexity index is 608. The Kier molecular flexibility index (Phi) is 5.10. The highest BCUT2D eigenvalue weighted by molar-refractivity contribution is 5.01. The van der Waals surface area contributed by atoms with E-state index in [1.54, 1.807) is 0 Å². The second-order valence-electron chi connectivity index (χ2n) is 7.00. The normalized spacial score (nSPS) is 16.6. The minimum atomic E-state index is 0.390. The summed E-state index contributed by atoms with van der Waals surface area (Å²) in [5.74, 6) is 1.02. The van der Waals surface area contributed by atoms with Crippen LogP contribution in [0.1, 0.15) is 69.6 Å². The number of nitrogens with zero attached hydrogens (tertiary/aromatic N) is 6. The minimum absolute atomic E-state index is 0.390. The summed E-state index contributed by atoms with van der Waals surface area (Å²) >= 11 is 0. The van der Waals surface area contributed by atoms with Crippen LogP contribution >= 0.6 is 0 Å². The largest absolute Gasteiger partial charge is 0.330 e. The van der Waals surface area contributed by atoms with Crippen molar-refractivity contribution in [2.24, 2.45) is 0 Å². The average Bonchev–Trinajstić information content (AvgIpc) is 3.17. The van der Waals surface area contributed by atoms with E-state index >= 15 is 0 Å². The topological polar surface area (TPSA) is 51.8 Å². The van der Waals surface area contributed by atoms with Crippen LogP contribution in [-0.4, -0.2) is 36.3 Å². The van der Waals surface area contributed by atoms with Crippen molar-refractivity contribution in [1.29, 1.82) is 0 Å². The van der Waals surface area contributed by atoms with Gasteiger partial charge in [0.05, 0.1) is 18.6 Å². The quantitative estimate of drug-likeness (QED) is 0.821. The van der Waals surface area contributed by atoms with Crippen molar-refractivity contribution in [3.63, 3.8) is 0 Å². The molecule has 0 N–H and O–H groups in total. The van der Waals surface area contributed by atoms with Gasteiger partial charge in [-0.1, -0.05) is 19.3 Å². The first-order valence-electron chi connectivity index (χ1n) is 8.72. The molecular formula is C17H28N6. The number of imidazole rings is 1. The zero-order valence-corrected chi connectivity index (χ0v) is 14.5. The number of hydrogen-bond acceptors (Lipinski definition) is 4. The smallest absolute Gasteiger partial charge is 0.147 e. The molecule has 6 nitrogen and oxygen atoms in total. The lowest BCUT2D eigenvalue weighted by Crippen LogP contribution is -2.23. The molecule has 0 aliphatic heterocycles. The zero-order valence-electron chi connectivity index (χ0n) is 14.5. The molecule has 1 aliphatic carbocycles. The summed E-state index contributed by atoms with van der Waals surface area (Å²) < 4.78 is 4.53. The maximum absolute atomic E-state index is 4.40. The van der Waals surface area contributed by atoms with Crippen LogP contribution in [0.25, 0.3) is 0 Å². The van der Waals surface area contributed by atoms with Crippen molar-refractivity contribution in [3.05, 3.63) is 30.4 Å². The monoisotopic (exact) mass is 316 g/mol. The van der Waals surface area contributed by atoms with Crippen molar-refractivity contribution in [3.8, 4) is 0 Å². The summed E-state index contributed by atoms with van der Waals surface area (Å²) in [6, 6.07) is 1.02. The molecule has 0 atom stereocenters. The third kappa shape index (κ3) is 3.80. The van der Waals surface area contributed by atoms with Gasteiger partial charge in [0.2, 0.25) is 0 Å². The van der Waals surface area contributed by atoms with Gasteiger partial charge < -0.3 is 9.13 Å². The third-order valence-corrected chi connectivity index (χ3v) is 4.76. The second-order valence-corrected chi connectivity index (χ2v) is 7.00. The van der Waals surface area contributed by atoms with Gasteiger partial charge in [-0.25, -0.2) is 4.98 Å². The molecule has 0 bridgehead atoms. The van der Waals surface area contributed by atoms with Gasteiger partial charge in [0.15, 0.2) is 0 Å². The van der Waals surface area contributed by atoms with Crippen molar-refractivity contribution >= 4 is 0 Å². The SMILES string of the molecule is CC(C)n1cnnc1CN(C)Cc1cncn1C1CCCCC1. The van der Waals surface area contributed by atoms with Gasteiger partial charge in [-0.05, 0) is 33.7 Å². The fourth-order valence-electron chi connectivity index (χ4n) is 3.53. The first kappa shape index (κ1) is 16.2. The highest BCUT2D eigenvalue weighted by Gasteiger charge is 2.18. The van der Waals surface area contributed by atoms with Crippen molar-refractivity contribution in [1.82, 2.24) is 29.2 Å². The van der Waals surface area contributed by atoms with E-state index in [2.05, 4.69) is 50.1 Å². The van der Waals surface area contributed by atoms with E-state index in [0.717, 1.165) is 18.9 Å². The molecule has 126 valence electrons. The van der Waals surface area contributed by atoms with Crippen molar-refractivity contribution in [2.45, 2.75) is 71.1 Å². The second kappa shape index (κ2) is 7.25. The van der Waals surface area contributed by atoms with Crippen LogP contribution in [-0.2, 0) is 13.1 Å². The number of hydrogen-bond donors (Lipinski definition) is 0. The molecule has 0 aromatic carbocycles. The molecule has 3 rings (SSSR count). The number of aromatic nitrogens is 5. The maximum Gasteiger partial charge on any atom is 0.147 e. The highest BCUT2D eigenvalue weighted by Crippen LogP contribution is 2.29. The molecular weight excluding hydrogens is 288 g/mol. The maximum atomic E-state index is 4.40. The summed E-state index contributed by atoms with van der Waals surface area (Å²) in [5.41, 5.74) is 1.30. The van der Waals surface area contributed by atoms with Crippen LogP contribution in [0, 0.1) is 0 Å². The lowest BCUT2D eigenvalue weighted by Gasteiger charge is -2.26. The molecule has 2 heterocycles. The standard InChI is InChI=1S/C17H28N6/c1-14(2)22-13-19-20-17(22)11-21(3)10-16-9-18-12-23(16)15-7-5-4-6-8-15/h9,12-15H,4-8,10-11H2,1-3H3. The van der Waals surface area contributed by atoms with E-state index in [1.807, 2.05) is 18.9 Å². The zero-order chi connectivity index (χ0) is 16.2. The van der Waals surface area contributed by atoms with E-state index in [4.69, 9.17) is 0 Å². The van der Waals surface area contributed by atoms with Gasteiger partial charge >= 0.3 is 0 Å². The van der Waals surface area contributed by atoms with E-state index < -0.39 is 0 Å². The molecule has 6 heteroatoms. The Hall–Kier alpha value is -1.69. The van der Waals surface area contributed by atoms with Gasteiger partial charge in [0.25, 0.3) is 0 Å². The lowest BCUT2D eigenvalue weighted by molar-refractivity contribution is 0.279. The van der Waals surface area contributed by atoms with Gasteiger partial charge in [0, 0.05) is 24.8 Å². The Balaban J connectivity index is 1.65. The Labute approximate surface area is 138 Å². The van der Waals surface area contributed by atoms with Gasteiger partial charge in [0.1, 0.15) is 12.2 Å². The van der Waals surface area contributed by atoms with Crippen molar-refractivity contribution < 1.29 is 0 Å². The van der Waals surface area contributed by atoms with E-state index in [-0.39, 0.29) is 0 Å². The van der Waals surface area contributed by atoms with Crippen LogP contribution in [0.5, 0.6) is 0 Å². The highest BCUT2D eigenvalue weighted by atomic mass is 15.3. The lowest BCUT2D eigenvalue weighted by atomic mass is 9.95. The van der Waals surface area contributed by atoms with Crippen molar-refractivity contribution in [2.75, 3.05) is 7.05 Å². The van der Waals surface area contributed by atoms with Crippen LogP contribution in [0.15, 0.2) is 18.9 Å². The molecule has 2 aromatic rings. The molecule has 0 saturated heterocycles. The fraction of sp³-hybridized carbons (Fsp3) is 0.706. The molecule has 0 amide bonds. The molecule has 1 saturated carbocycles. The summed E-state index contributed by atoms with van der Waals surface area (Å²) in [7, 11) is 2.14. The van der Waals surface area contributed by atoms with E-state index in [9.17, 15) is 0 Å². The number of rotatable bonds is 6. The molecule has 0 spiro atoms. The van der Waals surface area contributed by atoms with E-state index in [0.29, 0.717) is 12.1 Å². The van der Waals surface area contributed by atoms with Gasteiger partial charge in [-0.3, -0.25) is 4.90 Å². The molecule has 0 unspecified atom stereocenters. The first-order chi connectivity index (χ1) is 11.1. The molecule has 2 aromatic heterocycles. The van der Waals surface area contributed by atoms with E-state index in [1.165, 1.54) is 37.8 Å².